The van der Waals surface area contributed by atoms with E-state index < -0.39 is 0 Å². The largest absolute Gasteiger partial charge is 0.497 e. The molecular formula is C34H31BrN2O. The van der Waals surface area contributed by atoms with E-state index in [0.717, 1.165) is 32.7 Å². The van der Waals surface area contributed by atoms with Gasteiger partial charge in [-0.2, -0.15) is 0 Å². The molecule has 6 aromatic rings. The maximum atomic E-state index is 5.76. The molecule has 190 valence electrons. The fourth-order valence-electron chi connectivity index (χ4n) is 3.95. The van der Waals surface area contributed by atoms with Gasteiger partial charge in [-0.3, -0.25) is 0 Å². The van der Waals surface area contributed by atoms with Crippen LogP contribution in [-0.4, -0.2) is 7.11 Å². The summed E-state index contributed by atoms with van der Waals surface area (Å²) >= 11 is 3.35. The lowest BCUT2D eigenvalue weighted by atomic mass is 10.1. The molecule has 0 saturated carbocycles. The first-order chi connectivity index (χ1) is 18.5. The van der Waals surface area contributed by atoms with E-state index in [0.29, 0.717) is 0 Å². The molecule has 0 fully saturated rings. The van der Waals surface area contributed by atoms with Crippen LogP contribution in [-0.2, 0) is 0 Å². The van der Waals surface area contributed by atoms with E-state index in [-0.39, 0.29) is 0 Å². The summed E-state index contributed by atoms with van der Waals surface area (Å²) in [5, 5.41) is 8.24. The quantitative estimate of drug-likeness (QED) is 0.211. The Morgan fingerprint density at radius 1 is 0.605 bits per heavy atom. The van der Waals surface area contributed by atoms with E-state index in [9.17, 15) is 0 Å². The van der Waals surface area contributed by atoms with E-state index in [2.05, 4.69) is 94.9 Å². The van der Waals surface area contributed by atoms with Gasteiger partial charge in [0.25, 0.3) is 0 Å². The number of hydrogen-bond acceptors (Lipinski definition) is 3. The van der Waals surface area contributed by atoms with Crippen molar-refractivity contribution in [1.29, 1.82) is 0 Å². The molecule has 0 aliphatic rings. The van der Waals surface area contributed by atoms with E-state index in [4.69, 9.17) is 10.5 Å². The van der Waals surface area contributed by atoms with Crippen LogP contribution in [0.25, 0.3) is 21.5 Å². The Bertz CT molecular complexity index is 1560. The average Bonchev–Trinajstić information content (AvgIpc) is 2.96. The van der Waals surface area contributed by atoms with E-state index in [1.54, 1.807) is 7.11 Å². The zero-order valence-corrected chi connectivity index (χ0v) is 23.2. The molecule has 0 aliphatic carbocycles. The van der Waals surface area contributed by atoms with Crippen molar-refractivity contribution in [2.45, 2.75) is 6.92 Å². The summed E-state index contributed by atoms with van der Waals surface area (Å²) in [6.07, 6.45) is 0. The first-order valence-corrected chi connectivity index (χ1v) is 13.2. The fraction of sp³-hybridized carbons (Fsp3) is 0.0588. The molecule has 3 N–H and O–H groups in total. The van der Waals surface area contributed by atoms with Crippen molar-refractivity contribution < 1.29 is 4.74 Å². The minimum atomic E-state index is 0.850. The topological polar surface area (TPSA) is 47.3 Å². The van der Waals surface area contributed by atoms with Crippen LogP contribution in [0, 0.1) is 6.92 Å². The molecule has 6 rings (SSSR count). The lowest BCUT2D eigenvalue weighted by Crippen LogP contribution is -1.91. The normalized spacial score (nSPS) is 10.1. The Labute approximate surface area is 233 Å². The van der Waals surface area contributed by atoms with Gasteiger partial charge in [-0.25, -0.2) is 0 Å². The van der Waals surface area contributed by atoms with Gasteiger partial charge in [0.1, 0.15) is 5.75 Å². The highest BCUT2D eigenvalue weighted by atomic mass is 79.9. The van der Waals surface area contributed by atoms with Crippen molar-refractivity contribution in [3.8, 4) is 5.75 Å². The van der Waals surface area contributed by atoms with Crippen LogP contribution in [0.5, 0.6) is 5.75 Å². The van der Waals surface area contributed by atoms with Gasteiger partial charge in [0.05, 0.1) is 7.11 Å². The second kappa shape index (κ2) is 13.3. The Kier molecular flexibility index (Phi) is 9.38. The number of benzene rings is 6. The highest BCUT2D eigenvalue weighted by Crippen LogP contribution is 2.27. The van der Waals surface area contributed by atoms with Gasteiger partial charge in [-0.1, -0.05) is 106 Å². The standard InChI is InChI=1S/C17H15NO.C10H9N.C7H7Br/c1-19-15-11-9-14(10-12-15)18-17-8-4-6-13-5-2-3-7-16(13)17;11-10-7-3-5-8-4-1-2-6-9(8)10;1-6-2-4-7(8)5-3-6/h2-12,18H,1H3;1-7H,11H2;2-5H,1H3. The molecule has 0 spiro atoms. The number of fused-ring (bicyclic) bond motifs is 2. The maximum absolute atomic E-state index is 5.76. The number of nitrogens with two attached hydrogens (primary N) is 1. The van der Waals surface area contributed by atoms with Gasteiger partial charge in [-0.05, 0) is 66.2 Å². The lowest BCUT2D eigenvalue weighted by molar-refractivity contribution is 0.415. The molecule has 0 saturated heterocycles. The second-order valence-electron chi connectivity index (χ2n) is 8.74. The van der Waals surface area contributed by atoms with Crippen molar-refractivity contribution in [3.63, 3.8) is 0 Å². The molecule has 4 heteroatoms. The Balaban J connectivity index is 0.000000149. The number of methoxy groups -OCH3 is 1. The average molecular weight is 564 g/mol. The Morgan fingerprint density at radius 3 is 1.76 bits per heavy atom. The van der Waals surface area contributed by atoms with Crippen molar-refractivity contribution in [3.05, 3.63) is 143 Å². The third-order valence-electron chi connectivity index (χ3n) is 5.99. The third kappa shape index (κ3) is 7.37. The van der Waals surface area contributed by atoms with E-state index in [1.165, 1.54) is 21.7 Å². The summed E-state index contributed by atoms with van der Waals surface area (Å²) < 4.78 is 6.30. The van der Waals surface area contributed by atoms with Crippen LogP contribution in [0.15, 0.2) is 138 Å². The summed E-state index contributed by atoms with van der Waals surface area (Å²) in [5.41, 5.74) is 10.1. The minimum Gasteiger partial charge on any atom is -0.497 e. The monoisotopic (exact) mass is 562 g/mol. The van der Waals surface area contributed by atoms with Crippen molar-refractivity contribution >= 4 is 54.5 Å². The molecule has 0 radical (unpaired) electrons. The van der Waals surface area contributed by atoms with E-state index in [1.807, 2.05) is 66.7 Å². The highest BCUT2D eigenvalue weighted by Gasteiger charge is 2.01. The molecule has 0 atom stereocenters. The molecular weight excluding hydrogens is 532 g/mol. The molecule has 38 heavy (non-hydrogen) atoms. The first-order valence-electron chi connectivity index (χ1n) is 12.4. The van der Waals surface area contributed by atoms with Gasteiger partial charge in [0.2, 0.25) is 0 Å². The molecule has 6 aromatic carbocycles. The second-order valence-corrected chi connectivity index (χ2v) is 9.66. The molecule has 0 heterocycles. The Morgan fingerprint density at radius 2 is 1.16 bits per heavy atom. The number of aryl methyl sites for hydroxylation is 1. The summed E-state index contributed by atoms with van der Waals surface area (Å²) in [5.74, 6) is 0.864. The van der Waals surface area contributed by atoms with Crippen LogP contribution < -0.4 is 15.8 Å². The molecule has 0 bridgehead atoms. The number of rotatable bonds is 3. The minimum absolute atomic E-state index is 0.850. The molecule has 0 amide bonds. The summed E-state index contributed by atoms with van der Waals surface area (Å²) in [7, 11) is 1.67. The van der Waals surface area contributed by atoms with Gasteiger partial charge in [0, 0.05) is 32.3 Å². The number of hydrogen-bond donors (Lipinski definition) is 2. The molecule has 0 aliphatic heterocycles. The summed E-state index contributed by atoms with van der Waals surface area (Å²) in [6.45, 7) is 2.08. The fourth-order valence-corrected chi connectivity index (χ4v) is 4.21. The molecule has 3 nitrogen and oxygen atoms in total. The summed E-state index contributed by atoms with van der Waals surface area (Å²) in [6, 6.07) is 44.8. The SMILES string of the molecule is COc1ccc(Nc2cccc3ccccc23)cc1.Cc1ccc(Br)cc1.Nc1cccc2ccccc12. The van der Waals surface area contributed by atoms with Crippen LogP contribution in [0.2, 0.25) is 0 Å². The summed E-state index contributed by atoms with van der Waals surface area (Å²) in [4.78, 5) is 0. The number of nitrogens with one attached hydrogen (secondary N) is 1. The van der Waals surface area contributed by atoms with Crippen molar-refractivity contribution in [2.75, 3.05) is 18.2 Å². The maximum Gasteiger partial charge on any atom is 0.119 e. The van der Waals surface area contributed by atoms with Gasteiger partial charge < -0.3 is 15.8 Å². The van der Waals surface area contributed by atoms with Gasteiger partial charge in [-0.15, -0.1) is 0 Å². The van der Waals surface area contributed by atoms with Crippen LogP contribution in [0.4, 0.5) is 17.1 Å². The predicted octanol–water partition coefficient (Wildman–Crippen LogP) is 9.77. The first kappa shape index (κ1) is 26.8. The van der Waals surface area contributed by atoms with Crippen molar-refractivity contribution in [2.24, 2.45) is 0 Å². The molecule has 0 unspecified atom stereocenters. The smallest absolute Gasteiger partial charge is 0.119 e. The number of nitrogen functional groups attached to an aromatic ring is 1. The predicted molar refractivity (Wildman–Crippen MR) is 167 cm³/mol. The van der Waals surface area contributed by atoms with E-state index >= 15 is 0 Å². The Hall–Kier alpha value is -4.28. The van der Waals surface area contributed by atoms with Gasteiger partial charge >= 0.3 is 0 Å². The zero-order valence-electron chi connectivity index (χ0n) is 21.6. The van der Waals surface area contributed by atoms with Crippen LogP contribution in [0.1, 0.15) is 5.56 Å². The zero-order chi connectivity index (χ0) is 26.7. The van der Waals surface area contributed by atoms with Crippen LogP contribution in [0.3, 0.4) is 0 Å². The van der Waals surface area contributed by atoms with Crippen molar-refractivity contribution in [1.82, 2.24) is 0 Å². The van der Waals surface area contributed by atoms with Crippen LogP contribution >= 0.6 is 15.9 Å². The highest BCUT2D eigenvalue weighted by molar-refractivity contribution is 9.10. The molecule has 0 aromatic heterocycles. The number of ether oxygens (including phenoxy) is 1. The lowest BCUT2D eigenvalue weighted by Gasteiger charge is -2.10. The van der Waals surface area contributed by atoms with Gasteiger partial charge in [0.15, 0.2) is 0 Å². The number of halogens is 1. The third-order valence-corrected chi connectivity index (χ3v) is 6.52. The number of anilines is 3.